The highest BCUT2D eigenvalue weighted by molar-refractivity contribution is 7.08. The minimum absolute atomic E-state index is 0.453. The molecule has 5 aromatic heterocycles. The van der Waals surface area contributed by atoms with Gasteiger partial charge in [-0.15, -0.1) is 0 Å². The van der Waals surface area contributed by atoms with Crippen molar-refractivity contribution in [3.8, 4) is 5.69 Å². The molecule has 1 aromatic carbocycles. The van der Waals surface area contributed by atoms with E-state index in [-0.39, 0.29) is 0 Å². The van der Waals surface area contributed by atoms with Crippen LogP contribution in [0.2, 0.25) is 0 Å². The summed E-state index contributed by atoms with van der Waals surface area (Å²) < 4.78 is 1.95. The molecule has 5 heterocycles. The summed E-state index contributed by atoms with van der Waals surface area (Å²) in [6.45, 7) is 0.471. The van der Waals surface area contributed by atoms with E-state index in [0.717, 1.165) is 28.2 Å². The lowest BCUT2D eigenvalue weighted by molar-refractivity contribution is 0.996. The highest BCUT2D eigenvalue weighted by Crippen LogP contribution is 2.26. The van der Waals surface area contributed by atoms with Gasteiger partial charge in [0.1, 0.15) is 12.2 Å². The second-order valence-corrected chi connectivity index (χ2v) is 7.87. The van der Waals surface area contributed by atoms with E-state index in [4.69, 9.17) is 4.98 Å². The van der Waals surface area contributed by atoms with Crippen molar-refractivity contribution < 1.29 is 0 Å². The summed E-state index contributed by atoms with van der Waals surface area (Å²) in [4.78, 5) is 26.1. The predicted octanol–water partition coefficient (Wildman–Crippen LogP) is 4.50. The van der Waals surface area contributed by atoms with Gasteiger partial charge < -0.3 is 15.6 Å². The fourth-order valence-electron chi connectivity index (χ4n) is 3.49. The van der Waals surface area contributed by atoms with Gasteiger partial charge in [0.25, 0.3) is 0 Å². The maximum absolute atomic E-state index is 4.73. The molecule has 0 saturated heterocycles. The Labute approximate surface area is 186 Å². The Hall–Kier alpha value is -4.31. The zero-order valence-corrected chi connectivity index (χ0v) is 17.5. The Bertz CT molecular complexity index is 1470. The van der Waals surface area contributed by atoms with Gasteiger partial charge in [-0.1, -0.05) is 12.1 Å². The first-order chi connectivity index (χ1) is 15.8. The number of hydrogen-bond acceptors (Lipinski definition) is 8. The average molecular weight is 440 g/mol. The van der Waals surface area contributed by atoms with Gasteiger partial charge in [0.05, 0.1) is 35.1 Å². The van der Waals surface area contributed by atoms with Crippen molar-refractivity contribution in [3.63, 3.8) is 0 Å². The maximum atomic E-state index is 4.73. The second kappa shape index (κ2) is 7.75. The zero-order valence-electron chi connectivity index (χ0n) is 16.7. The molecule has 0 aliphatic rings. The lowest BCUT2D eigenvalue weighted by Crippen LogP contribution is -2.07. The van der Waals surface area contributed by atoms with Crippen molar-refractivity contribution in [2.45, 2.75) is 6.54 Å². The van der Waals surface area contributed by atoms with Crippen molar-refractivity contribution >= 4 is 51.0 Å². The molecular formula is C22H17N9S. The van der Waals surface area contributed by atoms with Gasteiger partial charge in [0, 0.05) is 11.6 Å². The van der Waals surface area contributed by atoms with Gasteiger partial charge in [-0.2, -0.15) is 21.3 Å². The summed E-state index contributed by atoms with van der Waals surface area (Å²) >= 11 is 1.62. The number of para-hydroxylation sites is 2. The van der Waals surface area contributed by atoms with E-state index in [1.165, 1.54) is 0 Å². The van der Waals surface area contributed by atoms with Gasteiger partial charge in [-0.05, 0) is 35.7 Å². The Balaban J connectivity index is 1.39. The molecule has 0 saturated carbocycles. The first-order valence-electron chi connectivity index (χ1n) is 9.96. The molecule has 0 fully saturated rings. The molecule has 32 heavy (non-hydrogen) atoms. The highest BCUT2D eigenvalue weighted by Gasteiger charge is 2.15. The number of nitrogens with zero attached hydrogens (tertiary/aromatic N) is 6. The average Bonchev–Trinajstić information content (AvgIpc) is 3.57. The maximum Gasteiger partial charge on any atom is 0.231 e. The summed E-state index contributed by atoms with van der Waals surface area (Å²) in [5.74, 6) is 1.89. The fourth-order valence-corrected chi connectivity index (χ4v) is 4.11. The van der Waals surface area contributed by atoms with Crippen LogP contribution in [0.5, 0.6) is 0 Å². The van der Waals surface area contributed by atoms with Crippen LogP contribution in [0.15, 0.2) is 71.9 Å². The molecule has 0 unspecified atom stereocenters. The van der Waals surface area contributed by atoms with Crippen LogP contribution in [0.4, 0.5) is 17.5 Å². The first-order valence-corrected chi connectivity index (χ1v) is 10.9. The molecule has 10 heteroatoms. The van der Waals surface area contributed by atoms with Crippen LogP contribution in [-0.4, -0.2) is 34.5 Å². The number of pyridine rings is 1. The number of imidazole rings is 2. The van der Waals surface area contributed by atoms with Crippen LogP contribution >= 0.6 is 11.3 Å². The van der Waals surface area contributed by atoms with Crippen LogP contribution in [0.3, 0.4) is 0 Å². The predicted molar refractivity (Wildman–Crippen MR) is 125 cm³/mol. The molecule has 0 bridgehead atoms. The monoisotopic (exact) mass is 439 g/mol. The quantitative estimate of drug-likeness (QED) is 0.350. The molecular weight excluding hydrogens is 422 g/mol. The molecule has 0 radical (unpaired) electrons. The number of thiophene rings is 1. The summed E-state index contributed by atoms with van der Waals surface area (Å²) in [5, 5.41) is 10.7. The number of H-pyrrole nitrogens is 1. The molecule has 0 aliphatic heterocycles. The topological polar surface area (TPSA) is 109 Å². The molecule has 6 rings (SSSR count). The van der Waals surface area contributed by atoms with Gasteiger partial charge >= 0.3 is 0 Å². The molecule has 6 aromatic rings. The third kappa shape index (κ3) is 3.42. The van der Waals surface area contributed by atoms with Crippen molar-refractivity contribution in [1.29, 1.82) is 0 Å². The summed E-state index contributed by atoms with van der Waals surface area (Å²) in [6.07, 6.45) is 5.22. The molecule has 156 valence electrons. The van der Waals surface area contributed by atoms with E-state index in [9.17, 15) is 0 Å². The second-order valence-electron chi connectivity index (χ2n) is 7.09. The number of benzene rings is 1. The van der Waals surface area contributed by atoms with Crippen molar-refractivity contribution in [2.24, 2.45) is 0 Å². The summed E-state index contributed by atoms with van der Waals surface area (Å²) in [6, 6.07) is 13.8. The normalized spacial score (nSPS) is 11.2. The van der Waals surface area contributed by atoms with Crippen molar-refractivity contribution in [2.75, 3.05) is 10.6 Å². The Morgan fingerprint density at radius 2 is 2.00 bits per heavy atom. The van der Waals surface area contributed by atoms with E-state index >= 15 is 0 Å². The third-order valence-electron chi connectivity index (χ3n) is 4.96. The molecule has 0 amide bonds. The number of rotatable bonds is 6. The summed E-state index contributed by atoms with van der Waals surface area (Å²) in [7, 11) is 0. The largest absolute Gasteiger partial charge is 0.361 e. The third-order valence-corrected chi connectivity index (χ3v) is 5.63. The van der Waals surface area contributed by atoms with Crippen molar-refractivity contribution in [3.05, 3.63) is 77.8 Å². The number of nitrogens with one attached hydrogen (secondary N) is 3. The molecule has 9 nitrogen and oxygen atoms in total. The van der Waals surface area contributed by atoms with E-state index in [1.807, 2.05) is 52.4 Å². The number of aromatic amines is 1. The molecule has 0 spiro atoms. The Kier molecular flexibility index (Phi) is 4.47. The Morgan fingerprint density at radius 1 is 1.03 bits per heavy atom. The minimum atomic E-state index is 0.453. The lowest BCUT2D eigenvalue weighted by atomic mass is 10.3. The first kappa shape index (κ1) is 18.5. The lowest BCUT2D eigenvalue weighted by Gasteiger charge is -2.10. The van der Waals surface area contributed by atoms with Crippen LogP contribution in [0.1, 0.15) is 5.82 Å². The number of anilines is 3. The number of aromatic nitrogens is 7. The zero-order chi connectivity index (χ0) is 21.3. The van der Waals surface area contributed by atoms with Gasteiger partial charge in [-0.25, -0.2) is 9.97 Å². The molecule has 0 aliphatic carbocycles. The summed E-state index contributed by atoms with van der Waals surface area (Å²) in [5.41, 5.74) is 5.12. The van der Waals surface area contributed by atoms with Gasteiger partial charge in [0.15, 0.2) is 17.0 Å². The standard InChI is InChI=1S/C22H17N9S/c1-2-6-17-16(5-1)27-18(28-17)11-24-20-19-21(31(13-25-19)15-7-9-32-12-15)30-22(29-20)26-14-4-3-8-23-10-14/h1-10,12-13H,11H2,(H,27,28)(H2,24,26,29,30). The SMILES string of the molecule is c1cncc(Nc2nc(NCc3nc4ccccc4[nH]3)c3ncn(-c4ccsc4)c3n2)c1. The minimum Gasteiger partial charge on any atom is -0.361 e. The number of fused-ring (bicyclic) bond motifs is 2. The van der Waals surface area contributed by atoms with E-state index in [2.05, 4.69) is 40.9 Å². The Morgan fingerprint density at radius 3 is 2.84 bits per heavy atom. The van der Waals surface area contributed by atoms with Gasteiger partial charge in [0.2, 0.25) is 5.95 Å². The number of hydrogen-bond donors (Lipinski definition) is 3. The van der Waals surface area contributed by atoms with Crippen LogP contribution in [0, 0.1) is 0 Å². The van der Waals surface area contributed by atoms with Gasteiger partial charge in [-0.3, -0.25) is 9.55 Å². The highest BCUT2D eigenvalue weighted by atomic mass is 32.1. The fraction of sp³-hybridized carbons (Fsp3) is 0.0455. The van der Waals surface area contributed by atoms with Crippen LogP contribution in [-0.2, 0) is 6.54 Å². The van der Waals surface area contributed by atoms with Crippen LogP contribution < -0.4 is 10.6 Å². The van der Waals surface area contributed by atoms with E-state index < -0.39 is 0 Å². The van der Waals surface area contributed by atoms with Crippen molar-refractivity contribution in [1.82, 2.24) is 34.5 Å². The smallest absolute Gasteiger partial charge is 0.231 e. The molecule has 3 N–H and O–H groups in total. The van der Waals surface area contributed by atoms with Crippen LogP contribution in [0.25, 0.3) is 27.9 Å². The van der Waals surface area contributed by atoms with E-state index in [0.29, 0.717) is 29.5 Å². The van der Waals surface area contributed by atoms with E-state index in [1.54, 1.807) is 30.1 Å². The molecule has 0 atom stereocenters.